The lowest BCUT2D eigenvalue weighted by molar-refractivity contribution is -0.136. The van der Waals surface area contributed by atoms with Crippen LogP contribution in [0.5, 0.6) is 0 Å². The molecule has 170 valence electrons. The molecule has 0 heterocycles. The molecule has 7 nitrogen and oxygen atoms in total. The fourth-order valence-corrected chi connectivity index (χ4v) is 3.09. The lowest BCUT2D eigenvalue weighted by Crippen LogP contribution is -2.45. The van der Waals surface area contributed by atoms with E-state index in [1.165, 1.54) is 12.5 Å². The van der Waals surface area contributed by atoms with Gasteiger partial charge in [0, 0.05) is 26.1 Å². The molecule has 1 atom stereocenters. The van der Waals surface area contributed by atoms with Gasteiger partial charge in [-0.1, -0.05) is 52.0 Å². The summed E-state index contributed by atoms with van der Waals surface area (Å²) < 4.78 is 0. The lowest BCUT2D eigenvalue weighted by atomic mass is 10.1. The summed E-state index contributed by atoms with van der Waals surface area (Å²) in [6, 6.07) is 8.06. The minimum Gasteiger partial charge on any atom is -0.355 e. The Morgan fingerprint density at radius 2 is 1.73 bits per heavy atom. The van der Waals surface area contributed by atoms with E-state index in [0.717, 1.165) is 24.8 Å². The van der Waals surface area contributed by atoms with Gasteiger partial charge in [-0.3, -0.25) is 14.4 Å². The molecule has 0 spiro atoms. The Labute approximate surface area is 181 Å². The topological polar surface area (TPSA) is 105 Å². The van der Waals surface area contributed by atoms with Gasteiger partial charge in [0.2, 0.25) is 17.7 Å². The van der Waals surface area contributed by atoms with Crippen LogP contribution in [0.3, 0.4) is 0 Å². The highest BCUT2D eigenvalue weighted by Gasteiger charge is 2.21. The van der Waals surface area contributed by atoms with Crippen molar-refractivity contribution in [2.45, 2.75) is 72.9 Å². The van der Waals surface area contributed by atoms with Crippen molar-refractivity contribution in [1.29, 1.82) is 0 Å². The van der Waals surface area contributed by atoms with E-state index in [-0.39, 0.29) is 36.9 Å². The van der Waals surface area contributed by atoms with Crippen LogP contribution in [-0.2, 0) is 27.3 Å². The molecular formula is C23H40N4O3. The Kier molecular flexibility index (Phi) is 15.1. The number of rotatable bonds is 12. The third-order valence-electron chi connectivity index (χ3n) is 4.74. The molecule has 4 N–H and O–H groups in total. The van der Waals surface area contributed by atoms with E-state index in [1.54, 1.807) is 4.90 Å². The second kappa shape index (κ2) is 16.4. The van der Waals surface area contributed by atoms with Crippen LogP contribution in [0, 0.1) is 0 Å². The zero-order valence-electron chi connectivity index (χ0n) is 19.3. The minimum absolute atomic E-state index is 0.0297. The summed E-state index contributed by atoms with van der Waals surface area (Å²) in [6.07, 6.45) is 3.13. The third kappa shape index (κ3) is 11.0. The van der Waals surface area contributed by atoms with Gasteiger partial charge in [0.15, 0.2) is 0 Å². The van der Waals surface area contributed by atoms with Crippen LogP contribution in [0.2, 0.25) is 0 Å². The highest BCUT2D eigenvalue weighted by atomic mass is 16.2. The molecule has 0 aromatic heterocycles. The van der Waals surface area contributed by atoms with Crippen LogP contribution in [0.4, 0.5) is 0 Å². The predicted octanol–water partition coefficient (Wildman–Crippen LogP) is 2.37. The normalized spacial score (nSPS) is 11.0. The van der Waals surface area contributed by atoms with E-state index in [1.807, 2.05) is 32.9 Å². The Balaban J connectivity index is 0.00000407. The largest absolute Gasteiger partial charge is 0.355 e. The lowest BCUT2D eigenvalue weighted by Gasteiger charge is -2.30. The van der Waals surface area contributed by atoms with Crippen LogP contribution in [0.15, 0.2) is 24.3 Å². The number of aryl methyl sites for hydroxylation is 1. The molecule has 0 aliphatic heterocycles. The third-order valence-corrected chi connectivity index (χ3v) is 4.74. The molecule has 0 aliphatic carbocycles. The zero-order chi connectivity index (χ0) is 22.9. The maximum Gasteiger partial charge on any atom is 0.239 e. The van der Waals surface area contributed by atoms with Crippen LogP contribution in [0.25, 0.3) is 0 Å². The number of nitrogens with two attached hydrogens (primary N) is 1. The van der Waals surface area contributed by atoms with E-state index in [4.69, 9.17) is 5.73 Å². The standard InChI is InChI=1S/C21H34N4O3.C2H6/c1-4-17-8-6-9-18(12-17)14-24-21(28)15-25(16(3)26)19(5-2)10-7-11-23-20(27)13-22;1-2/h6,8-9,12,19H,4-5,7,10-11,13-15,22H2,1-3H3,(H,23,27)(H,24,28);1-2H3. The quantitative estimate of drug-likeness (QED) is 0.452. The summed E-state index contributed by atoms with van der Waals surface area (Å²) in [5, 5.41) is 5.62. The highest BCUT2D eigenvalue weighted by molar-refractivity contribution is 5.84. The van der Waals surface area contributed by atoms with E-state index < -0.39 is 0 Å². The van der Waals surface area contributed by atoms with Crippen molar-refractivity contribution >= 4 is 17.7 Å². The monoisotopic (exact) mass is 420 g/mol. The van der Waals surface area contributed by atoms with Gasteiger partial charge < -0.3 is 21.3 Å². The van der Waals surface area contributed by atoms with Crippen molar-refractivity contribution in [3.05, 3.63) is 35.4 Å². The molecule has 7 heteroatoms. The molecule has 1 unspecified atom stereocenters. The number of nitrogens with zero attached hydrogens (tertiary/aromatic N) is 1. The maximum atomic E-state index is 12.4. The van der Waals surface area contributed by atoms with Gasteiger partial charge in [0.05, 0.1) is 13.1 Å². The van der Waals surface area contributed by atoms with Crippen molar-refractivity contribution in [3.8, 4) is 0 Å². The van der Waals surface area contributed by atoms with Gasteiger partial charge in [-0.15, -0.1) is 0 Å². The van der Waals surface area contributed by atoms with Crippen LogP contribution in [0.1, 0.15) is 65.0 Å². The predicted molar refractivity (Wildman–Crippen MR) is 122 cm³/mol. The second-order valence-electron chi connectivity index (χ2n) is 6.86. The zero-order valence-corrected chi connectivity index (χ0v) is 19.3. The van der Waals surface area contributed by atoms with Crippen molar-refractivity contribution < 1.29 is 14.4 Å². The Morgan fingerprint density at radius 3 is 2.30 bits per heavy atom. The number of amides is 3. The first kappa shape index (κ1) is 27.6. The molecule has 0 saturated carbocycles. The Hall–Kier alpha value is -2.41. The van der Waals surface area contributed by atoms with E-state index in [0.29, 0.717) is 19.5 Å². The molecule has 1 aromatic carbocycles. The van der Waals surface area contributed by atoms with Crippen molar-refractivity contribution in [3.63, 3.8) is 0 Å². The number of nitrogens with one attached hydrogen (secondary N) is 2. The summed E-state index contributed by atoms with van der Waals surface area (Å²) in [6.45, 7) is 10.5. The van der Waals surface area contributed by atoms with Gasteiger partial charge in [0.1, 0.15) is 0 Å². The highest BCUT2D eigenvalue weighted by Crippen LogP contribution is 2.12. The first-order valence-corrected chi connectivity index (χ1v) is 11.0. The SMILES string of the molecule is CC.CCc1cccc(CNC(=O)CN(C(C)=O)C(CC)CCCNC(=O)CN)c1. The summed E-state index contributed by atoms with van der Waals surface area (Å²) in [5.41, 5.74) is 7.53. The Bertz CT molecular complexity index is 649. The van der Waals surface area contributed by atoms with Gasteiger partial charge in [-0.25, -0.2) is 0 Å². The van der Waals surface area contributed by atoms with E-state index in [9.17, 15) is 14.4 Å². The summed E-state index contributed by atoms with van der Waals surface area (Å²) >= 11 is 0. The van der Waals surface area contributed by atoms with Crippen molar-refractivity contribution in [2.24, 2.45) is 5.73 Å². The average molecular weight is 421 g/mol. The van der Waals surface area contributed by atoms with Gasteiger partial charge in [0.25, 0.3) is 0 Å². The van der Waals surface area contributed by atoms with Gasteiger partial charge in [-0.05, 0) is 36.8 Å². The average Bonchev–Trinajstić information content (AvgIpc) is 2.77. The van der Waals surface area contributed by atoms with E-state index in [2.05, 4.69) is 29.7 Å². The number of carbonyl (C=O) groups is 3. The molecule has 1 rings (SSSR count). The number of benzene rings is 1. The summed E-state index contributed by atoms with van der Waals surface area (Å²) in [7, 11) is 0. The van der Waals surface area contributed by atoms with E-state index >= 15 is 0 Å². The van der Waals surface area contributed by atoms with Crippen molar-refractivity contribution in [1.82, 2.24) is 15.5 Å². The molecule has 0 aliphatic rings. The number of carbonyl (C=O) groups excluding carboxylic acids is 3. The van der Waals surface area contributed by atoms with Crippen LogP contribution in [-0.4, -0.2) is 48.3 Å². The molecule has 0 fully saturated rings. The smallest absolute Gasteiger partial charge is 0.239 e. The molecule has 3 amide bonds. The number of hydrogen-bond donors (Lipinski definition) is 3. The van der Waals surface area contributed by atoms with Crippen molar-refractivity contribution in [2.75, 3.05) is 19.6 Å². The first-order valence-electron chi connectivity index (χ1n) is 11.0. The van der Waals surface area contributed by atoms with Gasteiger partial charge in [-0.2, -0.15) is 0 Å². The molecule has 1 aromatic rings. The molecule has 0 bridgehead atoms. The molecule has 0 radical (unpaired) electrons. The molecule has 30 heavy (non-hydrogen) atoms. The first-order chi connectivity index (χ1) is 14.4. The second-order valence-corrected chi connectivity index (χ2v) is 6.86. The number of hydrogen-bond acceptors (Lipinski definition) is 4. The molecule has 0 saturated heterocycles. The fourth-order valence-electron chi connectivity index (χ4n) is 3.09. The summed E-state index contributed by atoms with van der Waals surface area (Å²) in [4.78, 5) is 37.3. The Morgan fingerprint density at radius 1 is 1.07 bits per heavy atom. The van der Waals surface area contributed by atoms with Crippen LogP contribution < -0.4 is 16.4 Å². The summed E-state index contributed by atoms with van der Waals surface area (Å²) in [5.74, 6) is -0.490. The maximum absolute atomic E-state index is 12.4. The van der Waals surface area contributed by atoms with Gasteiger partial charge >= 0.3 is 0 Å². The molecular weight excluding hydrogens is 380 g/mol. The fraction of sp³-hybridized carbons (Fsp3) is 0.609. The van der Waals surface area contributed by atoms with Crippen LogP contribution >= 0.6 is 0 Å². The minimum atomic E-state index is -0.192.